The Kier molecular flexibility index (Phi) is 7.39. The summed E-state index contributed by atoms with van der Waals surface area (Å²) in [6, 6.07) is 17.4. The summed E-state index contributed by atoms with van der Waals surface area (Å²) in [5.74, 6) is 0.830. The van der Waals surface area contributed by atoms with Gasteiger partial charge in [-0.25, -0.2) is 0 Å². The maximum Gasteiger partial charge on any atom is 0.119 e. The van der Waals surface area contributed by atoms with Crippen LogP contribution < -0.4 is 4.74 Å². The first-order chi connectivity index (χ1) is 14.7. The van der Waals surface area contributed by atoms with Crippen molar-refractivity contribution in [1.29, 1.82) is 0 Å². The fourth-order valence-electron chi connectivity index (χ4n) is 4.53. The molecular weight excluding hydrogens is 376 g/mol. The molecule has 1 N–H and O–H groups in total. The van der Waals surface area contributed by atoms with Gasteiger partial charge in [0.2, 0.25) is 0 Å². The van der Waals surface area contributed by atoms with Crippen LogP contribution in [0.2, 0.25) is 0 Å². The number of nitrogens with zero attached hydrogens (tertiary/aromatic N) is 2. The molecule has 0 bridgehead atoms. The van der Waals surface area contributed by atoms with Crippen molar-refractivity contribution >= 4 is 0 Å². The Hall–Kier alpha value is -1.92. The van der Waals surface area contributed by atoms with E-state index in [4.69, 9.17) is 9.47 Å². The van der Waals surface area contributed by atoms with Gasteiger partial charge in [0.05, 0.1) is 0 Å². The number of aliphatic hydroxyl groups is 1. The Morgan fingerprint density at radius 3 is 2.77 bits per heavy atom. The normalized spacial score (nSPS) is 18.9. The average Bonchev–Trinajstić information content (AvgIpc) is 2.78. The summed E-state index contributed by atoms with van der Waals surface area (Å²) in [5, 5.41) is 10.5. The largest absolute Gasteiger partial charge is 0.491 e. The fraction of sp³-hybridized carbons (Fsp3) is 0.520. The van der Waals surface area contributed by atoms with Crippen molar-refractivity contribution in [2.75, 3.05) is 40.0 Å². The Labute approximate surface area is 180 Å². The highest BCUT2D eigenvalue weighted by Crippen LogP contribution is 2.20. The number of ether oxygens (including phenoxy) is 2. The SMILES string of the molecule is CN(Cc1cccc(OC[C@H](O)CN2CCc3ccccc3C2)c1)C1CCOCC1. The first-order valence-corrected chi connectivity index (χ1v) is 11.1. The first-order valence-electron chi connectivity index (χ1n) is 11.1. The lowest BCUT2D eigenvalue weighted by molar-refractivity contribution is 0.0406. The van der Waals surface area contributed by atoms with Crippen LogP contribution in [0.4, 0.5) is 0 Å². The number of β-amino-alcohol motifs (C(OH)–C–C–N with tert-alkyl or cyclic N) is 1. The Morgan fingerprint density at radius 2 is 1.93 bits per heavy atom. The van der Waals surface area contributed by atoms with E-state index in [2.05, 4.69) is 53.2 Å². The molecule has 0 aromatic heterocycles. The molecule has 0 spiro atoms. The number of hydrogen-bond acceptors (Lipinski definition) is 5. The second-order valence-corrected chi connectivity index (χ2v) is 8.62. The van der Waals surface area contributed by atoms with Crippen LogP contribution in [0.5, 0.6) is 5.75 Å². The van der Waals surface area contributed by atoms with Gasteiger partial charge >= 0.3 is 0 Å². The third-order valence-corrected chi connectivity index (χ3v) is 6.27. The van der Waals surface area contributed by atoms with Gasteiger partial charge < -0.3 is 14.6 Å². The van der Waals surface area contributed by atoms with Crippen LogP contribution >= 0.6 is 0 Å². The van der Waals surface area contributed by atoms with E-state index in [1.807, 2.05) is 12.1 Å². The molecule has 2 aromatic rings. The number of benzene rings is 2. The lowest BCUT2D eigenvalue weighted by Crippen LogP contribution is -2.38. The molecule has 5 heteroatoms. The van der Waals surface area contributed by atoms with E-state index in [9.17, 15) is 5.11 Å². The maximum absolute atomic E-state index is 10.5. The molecular formula is C25H34N2O3. The zero-order valence-corrected chi connectivity index (χ0v) is 18.0. The van der Waals surface area contributed by atoms with Crippen molar-refractivity contribution in [2.45, 2.75) is 44.5 Å². The van der Waals surface area contributed by atoms with Crippen LogP contribution in [-0.2, 0) is 24.2 Å². The summed E-state index contributed by atoms with van der Waals surface area (Å²) >= 11 is 0. The van der Waals surface area contributed by atoms with E-state index in [-0.39, 0.29) is 0 Å². The summed E-state index contributed by atoms with van der Waals surface area (Å²) in [5.41, 5.74) is 4.05. The van der Waals surface area contributed by atoms with Gasteiger partial charge in [0, 0.05) is 45.4 Å². The second kappa shape index (κ2) is 10.4. The van der Waals surface area contributed by atoms with Crippen molar-refractivity contribution in [3.8, 4) is 5.75 Å². The Bertz CT molecular complexity index is 806. The van der Waals surface area contributed by atoms with Crippen molar-refractivity contribution in [3.63, 3.8) is 0 Å². The molecule has 2 heterocycles. The zero-order chi connectivity index (χ0) is 20.8. The quantitative estimate of drug-likeness (QED) is 0.725. The number of hydrogen-bond donors (Lipinski definition) is 1. The minimum absolute atomic E-state index is 0.317. The molecule has 1 fully saturated rings. The predicted octanol–water partition coefficient (Wildman–Crippen LogP) is 3.10. The van der Waals surface area contributed by atoms with Crippen LogP contribution in [0.1, 0.15) is 29.5 Å². The highest BCUT2D eigenvalue weighted by molar-refractivity contribution is 5.29. The van der Waals surface area contributed by atoms with E-state index < -0.39 is 6.10 Å². The average molecular weight is 411 g/mol. The van der Waals surface area contributed by atoms with Crippen molar-refractivity contribution < 1.29 is 14.6 Å². The van der Waals surface area contributed by atoms with E-state index >= 15 is 0 Å². The Balaban J connectivity index is 1.24. The van der Waals surface area contributed by atoms with Crippen molar-refractivity contribution in [2.24, 2.45) is 0 Å². The number of rotatable bonds is 8. The van der Waals surface area contributed by atoms with Gasteiger partial charge in [0.1, 0.15) is 18.5 Å². The monoisotopic (exact) mass is 410 g/mol. The van der Waals surface area contributed by atoms with E-state index in [0.717, 1.165) is 57.9 Å². The van der Waals surface area contributed by atoms with Crippen LogP contribution in [0.25, 0.3) is 0 Å². The highest BCUT2D eigenvalue weighted by atomic mass is 16.5. The molecule has 30 heavy (non-hydrogen) atoms. The summed E-state index contributed by atoms with van der Waals surface area (Å²) in [7, 11) is 2.18. The summed E-state index contributed by atoms with van der Waals surface area (Å²) in [6.07, 6.45) is 2.75. The minimum atomic E-state index is -0.496. The molecule has 0 aliphatic carbocycles. The molecule has 1 atom stereocenters. The smallest absolute Gasteiger partial charge is 0.119 e. The minimum Gasteiger partial charge on any atom is -0.491 e. The van der Waals surface area contributed by atoms with E-state index in [1.165, 1.54) is 16.7 Å². The molecule has 0 radical (unpaired) electrons. The number of aliphatic hydroxyl groups excluding tert-OH is 1. The van der Waals surface area contributed by atoms with Crippen molar-refractivity contribution in [1.82, 2.24) is 9.80 Å². The summed E-state index contributed by atoms with van der Waals surface area (Å²) in [6.45, 7) is 5.47. The lowest BCUT2D eigenvalue weighted by atomic mass is 10.00. The van der Waals surface area contributed by atoms with Gasteiger partial charge in [-0.3, -0.25) is 9.80 Å². The fourth-order valence-corrected chi connectivity index (χ4v) is 4.53. The molecule has 0 amide bonds. The molecule has 162 valence electrons. The van der Waals surface area contributed by atoms with Gasteiger partial charge in [0.15, 0.2) is 0 Å². The van der Waals surface area contributed by atoms with Gasteiger partial charge in [-0.2, -0.15) is 0 Å². The maximum atomic E-state index is 10.5. The van der Waals surface area contributed by atoms with Crippen molar-refractivity contribution in [3.05, 3.63) is 65.2 Å². The molecule has 5 nitrogen and oxygen atoms in total. The van der Waals surface area contributed by atoms with Gasteiger partial charge in [-0.15, -0.1) is 0 Å². The molecule has 4 rings (SSSR count). The highest BCUT2D eigenvalue weighted by Gasteiger charge is 2.20. The van der Waals surface area contributed by atoms with E-state index in [0.29, 0.717) is 19.2 Å². The van der Waals surface area contributed by atoms with Gasteiger partial charge in [0.25, 0.3) is 0 Å². The van der Waals surface area contributed by atoms with Gasteiger partial charge in [-0.1, -0.05) is 36.4 Å². The lowest BCUT2D eigenvalue weighted by Gasteiger charge is -2.31. The van der Waals surface area contributed by atoms with Crippen LogP contribution in [-0.4, -0.2) is 67.0 Å². The molecule has 1 saturated heterocycles. The Morgan fingerprint density at radius 1 is 1.13 bits per heavy atom. The third-order valence-electron chi connectivity index (χ3n) is 6.27. The molecule has 2 aliphatic rings. The molecule has 2 aromatic carbocycles. The summed E-state index contributed by atoms with van der Waals surface area (Å²) < 4.78 is 11.4. The van der Waals surface area contributed by atoms with Crippen LogP contribution in [0.15, 0.2) is 48.5 Å². The summed E-state index contributed by atoms with van der Waals surface area (Å²) in [4.78, 5) is 4.72. The third kappa shape index (κ3) is 5.82. The van der Waals surface area contributed by atoms with E-state index in [1.54, 1.807) is 0 Å². The van der Waals surface area contributed by atoms with Crippen LogP contribution in [0, 0.1) is 0 Å². The second-order valence-electron chi connectivity index (χ2n) is 8.62. The molecule has 2 aliphatic heterocycles. The topological polar surface area (TPSA) is 45.2 Å². The number of fused-ring (bicyclic) bond motifs is 1. The van der Waals surface area contributed by atoms with Gasteiger partial charge in [-0.05, 0) is 55.1 Å². The molecule has 0 saturated carbocycles. The van der Waals surface area contributed by atoms with Crippen LogP contribution in [0.3, 0.4) is 0 Å². The standard InChI is InChI=1S/C25H34N2O3/c1-26(23-10-13-29-14-11-23)16-20-5-4-8-25(15-20)30-19-24(28)18-27-12-9-21-6-2-3-7-22(21)17-27/h2-8,15,23-24,28H,9-14,16-19H2,1H3/t24-/m1/s1. The first kappa shape index (κ1) is 21.3. The zero-order valence-electron chi connectivity index (χ0n) is 18.0. The predicted molar refractivity (Wildman–Crippen MR) is 119 cm³/mol. The molecule has 0 unspecified atom stereocenters.